The summed E-state index contributed by atoms with van der Waals surface area (Å²) in [7, 11) is 1.50. The van der Waals surface area contributed by atoms with E-state index < -0.39 is 0 Å². The van der Waals surface area contributed by atoms with Crippen LogP contribution >= 0.6 is 15.9 Å². The number of benzene rings is 1. The van der Waals surface area contributed by atoms with Crippen LogP contribution in [-0.4, -0.2) is 12.4 Å². The summed E-state index contributed by atoms with van der Waals surface area (Å²) < 4.78 is 18.7. The molecule has 0 atom stereocenters. The average molecular weight is 315 g/mol. The Hall–Kier alpha value is -0.570. The van der Waals surface area contributed by atoms with Gasteiger partial charge in [0.2, 0.25) is 0 Å². The monoisotopic (exact) mass is 314 g/mol. The van der Waals surface area contributed by atoms with Crippen LogP contribution in [0.25, 0.3) is 0 Å². The second kappa shape index (κ2) is 6.05. The second-order valence-corrected chi connectivity index (χ2v) is 5.90. The van der Waals surface area contributed by atoms with Crippen molar-refractivity contribution < 1.29 is 9.13 Å². The van der Waals surface area contributed by atoms with Crippen LogP contribution in [0.15, 0.2) is 18.2 Å². The van der Waals surface area contributed by atoms with E-state index in [-0.39, 0.29) is 5.82 Å². The van der Waals surface area contributed by atoms with E-state index in [1.165, 1.54) is 39.2 Å². The van der Waals surface area contributed by atoms with Crippen molar-refractivity contribution in [2.24, 2.45) is 5.41 Å². The highest BCUT2D eigenvalue weighted by molar-refractivity contribution is 9.09. The Labute approximate surface area is 117 Å². The van der Waals surface area contributed by atoms with Crippen molar-refractivity contribution in [1.82, 2.24) is 0 Å². The van der Waals surface area contributed by atoms with E-state index in [0.717, 1.165) is 17.3 Å². The van der Waals surface area contributed by atoms with Crippen molar-refractivity contribution in [3.63, 3.8) is 0 Å². The van der Waals surface area contributed by atoms with Gasteiger partial charge in [0.15, 0.2) is 11.6 Å². The molecule has 1 aliphatic rings. The van der Waals surface area contributed by atoms with Gasteiger partial charge < -0.3 is 4.74 Å². The minimum atomic E-state index is -0.254. The molecule has 2 rings (SSSR count). The molecule has 0 spiro atoms. The number of hydrogen-bond donors (Lipinski definition) is 0. The van der Waals surface area contributed by atoms with Crippen LogP contribution in [0.5, 0.6) is 5.75 Å². The summed E-state index contributed by atoms with van der Waals surface area (Å²) in [5.41, 5.74) is 1.40. The van der Waals surface area contributed by atoms with Gasteiger partial charge >= 0.3 is 0 Å². The summed E-state index contributed by atoms with van der Waals surface area (Å²) in [5, 5.41) is 1.01. The molecule has 3 heteroatoms. The molecule has 1 aromatic rings. The molecule has 100 valence electrons. The van der Waals surface area contributed by atoms with E-state index in [1.807, 2.05) is 6.07 Å². The maximum absolute atomic E-state index is 13.7. The number of alkyl halides is 1. The minimum Gasteiger partial charge on any atom is -0.494 e. The molecule has 0 aromatic heterocycles. The first kappa shape index (κ1) is 13.9. The highest BCUT2D eigenvalue weighted by Crippen LogP contribution is 2.41. The molecule has 1 aromatic carbocycles. The molecule has 18 heavy (non-hydrogen) atoms. The predicted molar refractivity (Wildman–Crippen MR) is 76.0 cm³/mol. The second-order valence-electron chi connectivity index (χ2n) is 5.34. The smallest absolute Gasteiger partial charge is 0.165 e. The predicted octanol–water partition coefficient (Wildman–Crippen LogP) is 4.72. The Morgan fingerprint density at radius 3 is 2.56 bits per heavy atom. The van der Waals surface area contributed by atoms with E-state index in [0.29, 0.717) is 11.2 Å². The molecule has 0 amide bonds. The lowest BCUT2D eigenvalue weighted by atomic mass is 9.72. The van der Waals surface area contributed by atoms with Gasteiger partial charge in [-0.05, 0) is 42.4 Å². The first-order valence-corrected chi connectivity index (χ1v) is 7.70. The molecule has 0 unspecified atom stereocenters. The van der Waals surface area contributed by atoms with Crippen LogP contribution < -0.4 is 4.74 Å². The van der Waals surface area contributed by atoms with Crippen molar-refractivity contribution in [1.29, 1.82) is 0 Å². The molecular weight excluding hydrogens is 295 g/mol. The summed E-state index contributed by atoms with van der Waals surface area (Å²) in [6.45, 7) is 0. The van der Waals surface area contributed by atoms with Gasteiger partial charge in [-0.25, -0.2) is 4.39 Å². The Bertz CT molecular complexity index is 399. The Morgan fingerprint density at radius 1 is 1.28 bits per heavy atom. The molecule has 0 heterocycles. The molecule has 1 fully saturated rings. The summed E-state index contributed by atoms with van der Waals surface area (Å²) >= 11 is 3.65. The molecule has 1 nitrogen and oxygen atoms in total. The van der Waals surface area contributed by atoms with Crippen LogP contribution in [-0.2, 0) is 6.42 Å². The fraction of sp³-hybridized carbons (Fsp3) is 0.600. The molecule has 0 aliphatic heterocycles. The van der Waals surface area contributed by atoms with Crippen LogP contribution in [0.1, 0.15) is 37.7 Å². The SMILES string of the molecule is COc1ccc(CC2(CBr)CCCCC2)cc1F. The van der Waals surface area contributed by atoms with Crippen LogP contribution in [0.3, 0.4) is 0 Å². The largest absolute Gasteiger partial charge is 0.494 e. The molecule has 0 radical (unpaired) electrons. The normalized spacial score (nSPS) is 18.6. The van der Waals surface area contributed by atoms with Crippen molar-refractivity contribution in [2.75, 3.05) is 12.4 Å². The first-order valence-electron chi connectivity index (χ1n) is 6.57. The standard InChI is InChI=1S/C15H20BrFO/c1-18-14-6-5-12(9-13(14)17)10-15(11-16)7-3-2-4-8-15/h5-6,9H,2-4,7-8,10-11H2,1H3. The van der Waals surface area contributed by atoms with Gasteiger partial charge in [0.1, 0.15) is 0 Å². The Kier molecular flexibility index (Phi) is 4.66. The fourth-order valence-corrected chi connectivity index (χ4v) is 3.67. The third-order valence-electron chi connectivity index (χ3n) is 3.99. The number of methoxy groups -OCH3 is 1. The van der Waals surface area contributed by atoms with Gasteiger partial charge in [0.25, 0.3) is 0 Å². The summed E-state index contributed by atoms with van der Waals surface area (Å²) in [6, 6.07) is 5.34. The fourth-order valence-electron chi connectivity index (χ4n) is 2.91. The summed E-state index contributed by atoms with van der Waals surface area (Å²) in [6.07, 6.45) is 7.37. The minimum absolute atomic E-state index is 0.254. The van der Waals surface area contributed by atoms with Gasteiger partial charge in [-0.15, -0.1) is 0 Å². The molecular formula is C15H20BrFO. The maximum Gasteiger partial charge on any atom is 0.165 e. The van der Waals surface area contributed by atoms with Crippen LogP contribution in [0, 0.1) is 11.2 Å². The summed E-state index contributed by atoms with van der Waals surface area (Å²) in [5.74, 6) is 0.0748. The van der Waals surface area contributed by atoms with Gasteiger partial charge in [-0.2, -0.15) is 0 Å². The third-order valence-corrected chi connectivity index (χ3v) is 5.18. The lowest BCUT2D eigenvalue weighted by Crippen LogP contribution is -2.28. The van der Waals surface area contributed by atoms with Crippen molar-refractivity contribution in [3.8, 4) is 5.75 Å². The first-order chi connectivity index (χ1) is 8.69. The molecule has 0 N–H and O–H groups in total. The van der Waals surface area contributed by atoms with E-state index >= 15 is 0 Å². The van der Waals surface area contributed by atoms with Gasteiger partial charge in [-0.1, -0.05) is 41.3 Å². The van der Waals surface area contributed by atoms with Gasteiger partial charge in [0, 0.05) is 5.33 Å². The van der Waals surface area contributed by atoms with E-state index in [1.54, 1.807) is 12.1 Å². The van der Waals surface area contributed by atoms with Gasteiger partial charge in [-0.3, -0.25) is 0 Å². The molecule has 0 bridgehead atoms. The van der Waals surface area contributed by atoms with Crippen molar-refractivity contribution >= 4 is 15.9 Å². The van der Waals surface area contributed by atoms with E-state index in [9.17, 15) is 4.39 Å². The third kappa shape index (κ3) is 3.05. The average Bonchev–Trinajstić information content (AvgIpc) is 2.40. The maximum atomic E-state index is 13.7. The van der Waals surface area contributed by atoms with Gasteiger partial charge in [0.05, 0.1) is 7.11 Å². The highest BCUT2D eigenvalue weighted by atomic mass is 79.9. The lowest BCUT2D eigenvalue weighted by molar-refractivity contribution is 0.223. The van der Waals surface area contributed by atoms with Crippen LogP contribution in [0.4, 0.5) is 4.39 Å². The van der Waals surface area contributed by atoms with Crippen molar-refractivity contribution in [2.45, 2.75) is 38.5 Å². The number of ether oxygens (including phenoxy) is 1. The zero-order valence-electron chi connectivity index (χ0n) is 10.8. The molecule has 1 aliphatic carbocycles. The summed E-state index contributed by atoms with van der Waals surface area (Å²) in [4.78, 5) is 0. The number of halogens is 2. The number of hydrogen-bond acceptors (Lipinski definition) is 1. The molecule has 1 saturated carbocycles. The van der Waals surface area contributed by atoms with Crippen LogP contribution in [0.2, 0.25) is 0 Å². The zero-order valence-corrected chi connectivity index (χ0v) is 12.4. The van der Waals surface area contributed by atoms with E-state index in [4.69, 9.17) is 4.74 Å². The lowest BCUT2D eigenvalue weighted by Gasteiger charge is -2.36. The zero-order chi connectivity index (χ0) is 13.0. The topological polar surface area (TPSA) is 9.23 Å². The Morgan fingerprint density at radius 2 is 2.00 bits per heavy atom. The Balaban J connectivity index is 2.14. The highest BCUT2D eigenvalue weighted by Gasteiger charge is 2.31. The quantitative estimate of drug-likeness (QED) is 0.730. The van der Waals surface area contributed by atoms with E-state index in [2.05, 4.69) is 15.9 Å². The van der Waals surface area contributed by atoms with Crippen molar-refractivity contribution in [3.05, 3.63) is 29.6 Å². The number of rotatable bonds is 4. The molecule has 0 saturated heterocycles.